The number of carbonyl (C=O) groups excluding carboxylic acids is 1. The van der Waals surface area contributed by atoms with Crippen LogP contribution in [-0.2, 0) is 9.53 Å². The van der Waals surface area contributed by atoms with Crippen LogP contribution in [0.2, 0.25) is 0 Å². The van der Waals surface area contributed by atoms with E-state index in [9.17, 15) is 4.79 Å². The van der Waals surface area contributed by atoms with Crippen LogP contribution < -0.4 is 10.6 Å². The Morgan fingerprint density at radius 3 is 2.94 bits per heavy atom. The van der Waals surface area contributed by atoms with Gasteiger partial charge in [-0.1, -0.05) is 12.2 Å². The summed E-state index contributed by atoms with van der Waals surface area (Å²) in [5.41, 5.74) is 6.97. The SMILES string of the molecule is COC(=O)C1CCCN1c1ccc(C(N)=S)nc1. The molecule has 1 aliphatic heterocycles. The zero-order chi connectivity index (χ0) is 13.1. The summed E-state index contributed by atoms with van der Waals surface area (Å²) in [4.78, 5) is 18.1. The monoisotopic (exact) mass is 265 g/mol. The topological polar surface area (TPSA) is 68.5 Å². The minimum absolute atomic E-state index is 0.203. The molecule has 0 saturated carbocycles. The Morgan fingerprint density at radius 1 is 1.61 bits per heavy atom. The highest BCUT2D eigenvalue weighted by atomic mass is 32.1. The van der Waals surface area contributed by atoms with E-state index in [2.05, 4.69) is 4.98 Å². The van der Waals surface area contributed by atoms with Gasteiger partial charge in [-0.15, -0.1) is 0 Å². The quantitative estimate of drug-likeness (QED) is 0.645. The lowest BCUT2D eigenvalue weighted by molar-refractivity contribution is -0.141. The normalized spacial score (nSPS) is 18.7. The van der Waals surface area contributed by atoms with Crippen molar-refractivity contribution in [2.75, 3.05) is 18.6 Å². The summed E-state index contributed by atoms with van der Waals surface area (Å²) in [5, 5.41) is 0. The summed E-state index contributed by atoms with van der Waals surface area (Å²) in [6.07, 6.45) is 3.47. The highest BCUT2D eigenvalue weighted by Crippen LogP contribution is 2.25. The minimum Gasteiger partial charge on any atom is -0.467 e. The molecule has 1 unspecified atom stereocenters. The zero-order valence-corrected chi connectivity index (χ0v) is 10.9. The molecule has 18 heavy (non-hydrogen) atoms. The minimum atomic E-state index is -0.215. The Morgan fingerprint density at radius 2 is 2.39 bits per heavy atom. The first kappa shape index (κ1) is 12.8. The van der Waals surface area contributed by atoms with Gasteiger partial charge in [-0.2, -0.15) is 0 Å². The largest absolute Gasteiger partial charge is 0.467 e. The van der Waals surface area contributed by atoms with Crippen molar-refractivity contribution in [1.82, 2.24) is 4.98 Å². The van der Waals surface area contributed by atoms with Gasteiger partial charge in [0.25, 0.3) is 0 Å². The third-order valence-electron chi connectivity index (χ3n) is 3.06. The maximum Gasteiger partial charge on any atom is 0.328 e. The van der Waals surface area contributed by atoms with E-state index in [-0.39, 0.29) is 17.0 Å². The number of carbonyl (C=O) groups is 1. The summed E-state index contributed by atoms with van der Waals surface area (Å²) in [6, 6.07) is 3.43. The van der Waals surface area contributed by atoms with E-state index in [1.54, 1.807) is 12.3 Å². The zero-order valence-electron chi connectivity index (χ0n) is 10.1. The highest BCUT2D eigenvalue weighted by molar-refractivity contribution is 7.80. The van der Waals surface area contributed by atoms with E-state index in [0.29, 0.717) is 5.69 Å². The number of pyridine rings is 1. The number of nitrogens with two attached hydrogens (primary N) is 1. The second-order valence-corrected chi connectivity index (χ2v) is 4.58. The van der Waals surface area contributed by atoms with E-state index < -0.39 is 0 Å². The van der Waals surface area contributed by atoms with E-state index in [1.807, 2.05) is 11.0 Å². The first-order valence-electron chi connectivity index (χ1n) is 5.74. The molecule has 96 valence electrons. The van der Waals surface area contributed by atoms with Gasteiger partial charge >= 0.3 is 5.97 Å². The average molecular weight is 265 g/mol. The molecule has 2 heterocycles. The summed E-state index contributed by atoms with van der Waals surface area (Å²) < 4.78 is 4.81. The molecule has 5 nitrogen and oxygen atoms in total. The van der Waals surface area contributed by atoms with Crippen molar-refractivity contribution in [2.24, 2.45) is 5.73 Å². The van der Waals surface area contributed by atoms with E-state index >= 15 is 0 Å². The van der Waals surface area contributed by atoms with Crippen LogP contribution in [-0.4, -0.2) is 35.6 Å². The molecule has 0 radical (unpaired) electrons. The predicted octanol–water partition coefficient (Wildman–Crippen LogP) is 0.858. The summed E-state index contributed by atoms with van der Waals surface area (Å²) in [5.74, 6) is -0.203. The van der Waals surface area contributed by atoms with Gasteiger partial charge in [0.15, 0.2) is 0 Å². The van der Waals surface area contributed by atoms with Crippen LogP contribution in [0.25, 0.3) is 0 Å². The Kier molecular flexibility index (Phi) is 3.76. The van der Waals surface area contributed by atoms with Gasteiger partial charge in [0.2, 0.25) is 0 Å². The molecule has 0 aliphatic carbocycles. The number of ether oxygens (including phenoxy) is 1. The second-order valence-electron chi connectivity index (χ2n) is 4.14. The van der Waals surface area contributed by atoms with Crippen LogP contribution in [0, 0.1) is 0 Å². The van der Waals surface area contributed by atoms with Crippen LogP contribution >= 0.6 is 12.2 Å². The van der Waals surface area contributed by atoms with Gasteiger partial charge in [0.05, 0.1) is 24.7 Å². The van der Waals surface area contributed by atoms with Gasteiger partial charge in [0.1, 0.15) is 11.0 Å². The smallest absolute Gasteiger partial charge is 0.328 e. The van der Waals surface area contributed by atoms with Gasteiger partial charge in [-0.3, -0.25) is 4.98 Å². The fraction of sp³-hybridized carbons (Fsp3) is 0.417. The molecule has 1 fully saturated rings. The van der Waals surface area contributed by atoms with Gasteiger partial charge in [-0.05, 0) is 25.0 Å². The van der Waals surface area contributed by atoms with E-state index in [1.165, 1.54) is 7.11 Å². The molecule has 6 heteroatoms. The number of methoxy groups -OCH3 is 1. The van der Waals surface area contributed by atoms with Crippen molar-refractivity contribution in [2.45, 2.75) is 18.9 Å². The lowest BCUT2D eigenvalue weighted by atomic mass is 10.2. The number of hydrogen-bond acceptors (Lipinski definition) is 5. The van der Waals surface area contributed by atoms with E-state index in [0.717, 1.165) is 25.1 Å². The van der Waals surface area contributed by atoms with Crippen LogP contribution in [0.4, 0.5) is 5.69 Å². The van der Waals surface area contributed by atoms with Crippen molar-refractivity contribution in [3.05, 3.63) is 24.0 Å². The lowest BCUT2D eigenvalue weighted by Gasteiger charge is -2.24. The van der Waals surface area contributed by atoms with E-state index in [4.69, 9.17) is 22.7 Å². The third kappa shape index (κ3) is 2.43. The lowest BCUT2D eigenvalue weighted by Crippen LogP contribution is -2.36. The molecule has 1 saturated heterocycles. The van der Waals surface area contributed by atoms with Crippen LogP contribution in [0.3, 0.4) is 0 Å². The molecule has 0 bridgehead atoms. The number of esters is 1. The molecule has 0 aromatic carbocycles. The number of nitrogens with zero attached hydrogens (tertiary/aromatic N) is 2. The summed E-state index contributed by atoms with van der Waals surface area (Å²) >= 11 is 4.85. The fourth-order valence-corrected chi connectivity index (χ4v) is 2.28. The summed E-state index contributed by atoms with van der Waals surface area (Å²) in [6.45, 7) is 0.827. The maximum atomic E-state index is 11.6. The Bertz CT molecular complexity index is 461. The van der Waals surface area contributed by atoms with Gasteiger partial charge < -0.3 is 15.4 Å². The molecular weight excluding hydrogens is 250 g/mol. The fourth-order valence-electron chi connectivity index (χ4n) is 2.16. The van der Waals surface area contributed by atoms with Crippen molar-refractivity contribution >= 4 is 28.9 Å². The first-order chi connectivity index (χ1) is 8.63. The number of rotatable bonds is 3. The van der Waals surface area contributed by atoms with Crippen molar-refractivity contribution in [1.29, 1.82) is 0 Å². The standard InChI is InChI=1S/C12H15N3O2S/c1-17-12(16)10-3-2-6-15(10)8-4-5-9(11(13)18)14-7-8/h4-5,7,10H,2-3,6H2,1H3,(H2,13,18). The third-order valence-corrected chi connectivity index (χ3v) is 3.27. The van der Waals surface area contributed by atoms with Crippen molar-refractivity contribution in [3.8, 4) is 0 Å². The Balaban J connectivity index is 2.20. The van der Waals surface area contributed by atoms with Crippen molar-refractivity contribution < 1.29 is 9.53 Å². The first-order valence-corrected chi connectivity index (χ1v) is 6.14. The van der Waals surface area contributed by atoms with Crippen LogP contribution in [0.1, 0.15) is 18.5 Å². The second kappa shape index (κ2) is 5.30. The predicted molar refractivity (Wildman–Crippen MR) is 72.5 cm³/mol. The van der Waals surface area contributed by atoms with Gasteiger partial charge in [0, 0.05) is 6.54 Å². The van der Waals surface area contributed by atoms with Crippen molar-refractivity contribution in [3.63, 3.8) is 0 Å². The number of thiocarbonyl (C=S) groups is 1. The molecule has 2 N–H and O–H groups in total. The van der Waals surface area contributed by atoms with Crippen LogP contribution in [0.5, 0.6) is 0 Å². The Labute approximate surface area is 111 Å². The highest BCUT2D eigenvalue weighted by Gasteiger charge is 2.31. The Hall–Kier alpha value is -1.69. The summed E-state index contributed by atoms with van der Waals surface area (Å²) in [7, 11) is 1.41. The number of hydrogen-bond donors (Lipinski definition) is 1. The molecule has 1 aromatic rings. The molecule has 1 aliphatic rings. The maximum absolute atomic E-state index is 11.6. The van der Waals surface area contributed by atoms with Crippen LogP contribution in [0.15, 0.2) is 18.3 Å². The number of aromatic nitrogens is 1. The molecular formula is C12H15N3O2S. The molecule has 1 atom stereocenters. The number of anilines is 1. The molecule has 0 spiro atoms. The van der Waals surface area contributed by atoms with Gasteiger partial charge in [-0.25, -0.2) is 4.79 Å². The average Bonchev–Trinajstić information content (AvgIpc) is 2.87. The molecule has 1 aromatic heterocycles. The molecule has 2 rings (SSSR count). The molecule has 0 amide bonds.